The summed E-state index contributed by atoms with van der Waals surface area (Å²) < 4.78 is 17.9. The smallest absolute Gasteiger partial charge is 0.325 e. The van der Waals surface area contributed by atoms with Crippen LogP contribution in [0.1, 0.15) is 25.8 Å². The molecule has 37 heavy (non-hydrogen) atoms. The van der Waals surface area contributed by atoms with Crippen LogP contribution in [0.3, 0.4) is 0 Å². The number of quaternary nitrogens is 1. The molecule has 0 unspecified atom stereocenters. The third-order valence-electron chi connectivity index (χ3n) is 6.18. The molecule has 2 aromatic carbocycles. The molecule has 2 heterocycles. The molecule has 12 heteroatoms. The highest BCUT2D eigenvalue weighted by Gasteiger charge is 2.33. The number of hydrogen-bond donors (Lipinski definition) is 3. The fourth-order valence-electron chi connectivity index (χ4n) is 4.30. The fraction of sp³-hybridized carbons (Fsp3) is 0.200. The summed E-state index contributed by atoms with van der Waals surface area (Å²) in [7, 11) is 0. The van der Waals surface area contributed by atoms with Gasteiger partial charge in [0.05, 0.1) is 27.6 Å². The van der Waals surface area contributed by atoms with Gasteiger partial charge in [0.2, 0.25) is 11.7 Å². The second kappa shape index (κ2) is 9.99. The van der Waals surface area contributed by atoms with E-state index in [9.17, 15) is 23.6 Å². The maximum atomic E-state index is 14.7. The average molecular weight is 681 g/mol. The highest BCUT2D eigenvalue weighted by atomic mass is 127. The number of primary amides is 1. The molecule has 1 aliphatic heterocycles. The lowest BCUT2D eigenvalue weighted by Crippen LogP contribution is -2.91. The van der Waals surface area contributed by atoms with E-state index in [1.54, 1.807) is 37.3 Å². The van der Waals surface area contributed by atoms with Crippen molar-refractivity contribution in [2.75, 3.05) is 16.0 Å². The van der Waals surface area contributed by atoms with E-state index in [1.807, 2.05) is 22.6 Å². The largest absolute Gasteiger partial charge is 0.346 e. The molecular weight excluding hydrogens is 660 g/mol. The number of aromatic nitrogens is 2. The van der Waals surface area contributed by atoms with E-state index in [0.717, 1.165) is 0 Å². The number of nitrogens with one attached hydrogen (secondary N) is 2. The molecule has 0 radical (unpaired) electrons. The number of amides is 2. The lowest BCUT2D eigenvalue weighted by molar-refractivity contribution is -0.471. The zero-order valence-electron chi connectivity index (χ0n) is 19.5. The number of fused-ring (bicyclic) bond motifs is 1. The van der Waals surface area contributed by atoms with Gasteiger partial charge in [-0.05, 0) is 78.8 Å². The van der Waals surface area contributed by atoms with Gasteiger partial charge in [0.15, 0.2) is 0 Å². The van der Waals surface area contributed by atoms with Gasteiger partial charge in [-0.15, -0.1) is 0 Å². The van der Waals surface area contributed by atoms with E-state index in [1.165, 1.54) is 26.6 Å². The van der Waals surface area contributed by atoms with Gasteiger partial charge in [-0.25, -0.2) is 19.3 Å². The Morgan fingerprint density at radius 2 is 1.95 bits per heavy atom. The number of benzene rings is 2. The van der Waals surface area contributed by atoms with Gasteiger partial charge in [0.25, 0.3) is 5.56 Å². The molecule has 5 rings (SSSR count). The maximum Gasteiger partial charge on any atom is 0.346 e. The van der Waals surface area contributed by atoms with Gasteiger partial charge >= 0.3 is 11.6 Å². The Kier molecular flexibility index (Phi) is 6.89. The number of halogens is 3. The molecule has 0 spiro atoms. The van der Waals surface area contributed by atoms with Gasteiger partial charge in [0.1, 0.15) is 11.0 Å². The molecule has 2 aliphatic rings. The summed E-state index contributed by atoms with van der Waals surface area (Å²) in [4.78, 5) is 52.4. The quantitative estimate of drug-likeness (QED) is 0.264. The van der Waals surface area contributed by atoms with Crippen LogP contribution in [0.4, 0.5) is 15.8 Å². The van der Waals surface area contributed by atoms with Crippen molar-refractivity contribution in [1.29, 1.82) is 0 Å². The minimum absolute atomic E-state index is 0.0927. The highest BCUT2D eigenvalue weighted by Crippen LogP contribution is 2.32. The van der Waals surface area contributed by atoms with Crippen LogP contribution >= 0.6 is 38.5 Å². The molecule has 0 bridgehead atoms. The minimum Gasteiger partial charge on any atom is -0.325 e. The molecule has 0 saturated heterocycles. The van der Waals surface area contributed by atoms with E-state index < -0.39 is 23.0 Å². The molecule has 9 nitrogen and oxygen atoms in total. The van der Waals surface area contributed by atoms with Gasteiger partial charge in [-0.3, -0.25) is 18.7 Å². The van der Waals surface area contributed by atoms with Crippen LogP contribution in [0, 0.1) is 9.39 Å². The summed E-state index contributed by atoms with van der Waals surface area (Å²) in [5.41, 5.74) is -0.00314. The van der Waals surface area contributed by atoms with Crippen molar-refractivity contribution >= 4 is 73.1 Å². The van der Waals surface area contributed by atoms with Gasteiger partial charge in [0, 0.05) is 15.3 Å². The summed E-state index contributed by atoms with van der Waals surface area (Å²) >= 11 is 5.10. The Morgan fingerprint density at radius 3 is 2.62 bits per heavy atom. The van der Waals surface area contributed by atoms with Crippen molar-refractivity contribution in [2.45, 2.75) is 25.8 Å². The van der Waals surface area contributed by atoms with Crippen molar-refractivity contribution in [3.63, 3.8) is 0 Å². The second-order valence-electron chi connectivity index (χ2n) is 8.78. The number of nitrogens with two attached hydrogens (primary N) is 1. The Hall–Kier alpha value is -3.10. The van der Waals surface area contributed by atoms with Gasteiger partial charge < -0.3 is 10.6 Å². The first-order valence-electron chi connectivity index (χ1n) is 11.4. The predicted molar refractivity (Wildman–Crippen MR) is 148 cm³/mol. The fourth-order valence-corrected chi connectivity index (χ4v) is 4.89. The van der Waals surface area contributed by atoms with Crippen molar-refractivity contribution in [1.82, 2.24) is 9.13 Å². The molecule has 1 aliphatic carbocycles. The minimum atomic E-state index is -0.580. The predicted octanol–water partition coefficient (Wildman–Crippen LogP) is 0.863. The molecule has 2 amide bonds. The topological polar surface area (TPSA) is 119 Å². The summed E-state index contributed by atoms with van der Waals surface area (Å²) in [6.07, 6.45) is 1.35. The van der Waals surface area contributed by atoms with Crippen LogP contribution < -0.4 is 37.8 Å². The first-order valence-corrected chi connectivity index (χ1v) is 13.6. The molecule has 1 aromatic heterocycles. The number of nitrogens with zero attached hydrogens (tertiary/aromatic N) is 2. The van der Waals surface area contributed by atoms with Crippen LogP contribution in [0.15, 0.2) is 52.1 Å². The SMILES string of the molecule is CC1=c2c(c(=O)n(C3CC3)c(=O)n2-c2cccc(NC(=O)CBr)c2)=C(Nc2ccc(I)cc2F)[NH2+]C1=O. The van der Waals surface area contributed by atoms with E-state index in [4.69, 9.17) is 0 Å². The normalized spacial score (nSPS) is 15.0. The van der Waals surface area contributed by atoms with E-state index in [-0.39, 0.29) is 44.9 Å². The summed E-state index contributed by atoms with van der Waals surface area (Å²) in [6, 6.07) is 10.9. The first-order chi connectivity index (χ1) is 17.7. The van der Waals surface area contributed by atoms with E-state index >= 15 is 0 Å². The molecule has 0 atom stereocenters. The molecular formula is C25H21BrFIN5O4+. The zero-order chi connectivity index (χ0) is 26.4. The molecule has 190 valence electrons. The van der Waals surface area contributed by atoms with Crippen LogP contribution in [0.2, 0.25) is 0 Å². The highest BCUT2D eigenvalue weighted by molar-refractivity contribution is 14.1. The van der Waals surface area contributed by atoms with Gasteiger partial charge in [-0.1, -0.05) is 22.0 Å². The van der Waals surface area contributed by atoms with Crippen LogP contribution in [-0.4, -0.2) is 26.3 Å². The third kappa shape index (κ3) is 4.80. The van der Waals surface area contributed by atoms with Crippen molar-refractivity contribution in [2.24, 2.45) is 0 Å². The number of rotatable bonds is 6. The lowest BCUT2D eigenvalue weighted by Gasteiger charge is -2.18. The molecule has 1 saturated carbocycles. The lowest BCUT2D eigenvalue weighted by atomic mass is 10.1. The third-order valence-corrected chi connectivity index (χ3v) is 7.36. The Labute approximate surface area is 231 Å². The molecule has 4 N–H and O–H groups in total. The van der Waals surface area contributed by atoms with Crippen LogP contribution in [0.5, 0.6) is 0 Å². The number of hydrogen-bond acceptors (Lipinski definition) is 5. The summed E-state index contributed by atoms with van der Waals surface area (Å²) in [5, 5.41) is 7.23. The second-order valence-corrected chi connectivity index (χ2v) is 10.6. The van der Waals surface area contributed by atoms with E-state index in [0.29, 0.717) is 27.8 Å². The number of carbonyl (C=O) groups is 2. The van der Waals surface area contributed by atoms with Crippen LogP contribution in [0.25, 0.3) is 17.1 Å². The van der Waals surface area contributed by atoms with Crippen molar-refractivity contribution in [3.8, 4) is 5.69 Å². The average Bonchev–Trinajstić information content (AvgIpc) is 3.69. The Bertz CT molecular complexity index is 1730. The maximum absolute atomic E-state index is 14.7. The number of carbonyl (C=O) groups excluding carboxylic acids is 2. The standard InChI is InChI=1S/C25H20BrFIN5O4/c1-12-21-20(22(31-23(12)35)30-18-8-5-13(28)9-17(18)27)24(36)33(15-6-7-15)25(37)32(21)16-4-2-3-14(10-16)29-19(34)11-26/h2-5,8-10,15H,6-7,11H2,1H3,(H,29,34)(H2,30,31,35)/p+1. The number of alkyl halides is 1. The summed E-state index contributed by atoms with van der Waals surface area (Å²) in [6.45, 7) is 1.55. The van der Waals surface area contributed by atoms with Gasteiger partial charge in [-0.2, -0.15) is 0 Å². The van der Waals surface area contributed by atoms with E-state index in [2.05, 4.69) is 26.6 Å². The Balaban J connectivity index is 1.85. The molecule has 3 aromatic rings. The summed E-state index contributed by atoms with van der Waals surface area (Å²) in [5.74, 6) is -1.12. The Morgan fingerprint density at radius 1 is 1.19 bits per heavy atom. The zero-order valence-corrected chi connectivity index (χ0v) is 23.2. The number of anilines is 2. The van der Waals surface area contributed by atoms with Crippen LogP contribution in [-0.2, 0) is 9.59 Å². The monoisotopic (exact) mass is 680 g/mol. The van der Waals surface area contributed by atoms with Crippen molar-refractivity contribution < 1.29 is 19.3 Å². The first kappa shape index (κ1) is 25.5. The molecule has 1 fully saturated rings. The van der Waals surface area contributed by atoms with Crippen molar-refractivity contribution in [3.05, 3.63) is 83.3 Å².